The van der Waals surface area contributed by atoms with Gasteiger partial charge in [0, 0.05) is 13.6 Å². The van der Waals surface area contributed by atoms with Crippen LogP contribution in [0.4, 0.5) is 5.69 Å². The molecule has 0 fully saturated rings. The molecule has 1 aromatic rings. The van der Waals surface area contributed by atoms with Crippen molar-refractivity contribution in [1.29, 1.82) is 0 Å². The van der Waals surface area contributed by atoms with Crippen LogP contribution in [-0.2, 0) is 11.8 Å². The molecule has 0 aliphatic carbocycles. The van der Waals surface area contributed by atoms with Crippen molar-refractivity contribution in [3.05, 3.63) is 11.4 Å². The number of carbonyl (C=O) groups excluding carboxylic acids is 1. The second-order valence-electron chi connectivity index (χ2n) is 5.45. The lowest BCUT2D eigenvalue weighted by atomic mass is 10.2. The SMILES string of the molecule is Cc1nn(C)c(C)c1NC(=O)C(C)N(C)CCC(C)O. The third-order valence-corrected chi connectivity index (χ3v) is 3.70. The predicted molar refractivity (Wildman–Crippen MR) is 79.7 cm³/mol. The standard InChI is InChI=1S/C14H26N4O2/c1-9(19)7-8-17(5)12(4)14(20)15-13-10(2)16-18(6)11(13)3/h9,12,19H,7-8H2,1-6H3,(H,15,20). The Hall–Kier alpha value is -1.40. The maximum Gasteiger partial charge on any atom is 0.241 e. The van der Waals surface area contributed by atoms with Crippen LogP contribution in [0.2, 0.25) is 0 Å². The smallest absolute Gasteiger partial charge is 0.241 e. The van der Waals surface area contributed by atoms with Crippen LogP contribution in [0.5, 0.6) is 0 Å². The lowest BCUT2D eigenvalue weighted by Crippen LogP contribution is -2.40. The van der Waals surface area contributed by atoms with E-state index in [0.717, 1.165) is 17.1 Å². The monoisotopic (exact) mass is 282 g/mol. The van der Waals surface area contributed by atoms with E-state index in [9.17, 15) is 9.90 Å². The van der Waals surface area contributed by atoms with Crippen molar-refractivity contribution in [3.63, 3.8) is 0 Å². The number of amides is 1. The highest BCUT2D eigenvalue weighted by atomic mass is 16.3. The number of anilines is 1. The molecule has 0 bridgehead atoms. The number of aliphatic hydroxyl groups excluding tert-OH is 1. The number of rotatable bonds is 6. The highest BCUT2D eigenvalue weighted by molar-refractivity contribution is 5.95. The Kier molecular flexibility index (Phi) is 5.71. The summed E-state index contributed by atoms with van der Waals surface area (Å²) in [6.07, 6.45) is 0.300. The van der Waals surface area contributed by atoms with Crippen LogP contribution in [0.25, 0.3) is 0 Å². The van der Waals surface area contributed by atoms with E-state index in [2.05, 4.69) is 10.4 Å². The number of hydrogen-bond donors (Lipinski definition) is 2. The minimum atomic E-state index is -0.351. The van der Waals surface area contributed by atoms with Gasteiger partial charge >= 0.3 is 0 Å². The maximum absolute atomic E-state index is 12.3. The zero-order valence-electron chi connectivity index (χ0n) is 13.3. The molecule has 1 heterocycles. The van der Waals surface area contributed by atoms with Crippen LogP contribution in [0, 0.1) is 13.8 Å². The topological polar surface area (TPSA) is 70.4 Å². The molecule has 1 rings (SSSR count). The fourth-order valence-electron chi connectivity index (χ4n) is 1.97. The van der Waals surface area contributed by atoms with Crippen LogP contribution in [0.3, 0.4) is 0 Å². The maximum atomic E-state index is 12.3. The van der Waals surface area contributed by atoms with Crippen molar-refractivity contribution in [1.82, 2.24) is 14.7 Å². The fourth-order valence-corrected chi connectivity index (χ4v) is 1.97. The highest BCUT2D eigenvalue weighted by Gasteiger charge is 2.20. The van der Waals surface area contributed by atoms with Crippen molar-refractivity contribution in [2.24, 2.45) is 7.05 Å². The molecule has 0 spiro atoms. The van der Waals surface area contributed by atoms with Gasteiger partial charge in [-0.05, 0) is 41.2 Å². The molecule has 114 valence electrons. The van der Waals surface area contributed by atoms with Crippen molar-refractivity contribution in [2.45, 2.75) is 46.3 Å². The predicted octanol–water partition coefficient (Wildman–Crippen LogP) is 1.07. The number of nitrogens with zero attached hydrogens (tertiary/aromatic N) is 3. The molecule has 0 saturated heterocycles. The van der Waals surface area contributed by atoms with Crippen LogP contribution >= 0.6 is 0 Å². The van der Waals surface area contributed by atoms with E-state index in [1.54, 1.807) is 11.6 Å². The summed E-state index contributed by atoms with van der Waals surface area (Å²) < 4.78 is 1.76. The largest absolute Gasteiger partial charge is 0.393 e. The van der Waals surface area contributed by atoms with Gasteiger partial charge in [0.05, 0.1) is 29.2 Å². The molecular weight excluding hydrogens is 256 g/mol. The molecule has 0 aliphatic rings. The molecule has 0 aromatic carbocycles. The normalized spacial score (nSPS) is 14.4. The second-order valence-corrected chi connectivity index (χ2v) is 5.45. The average molecular weight is 282 g/mol. The van der Waals surface area contributed by atoms with Gasteiger partial charge in [-0.3, -0.25) is 14.4 Å². The van der Waals surface area contributed by atoms with Crippen molar-refractivity contribution >= 4 is 11.6 Å². The minimum absolute atomic E-state index is 0.0581. The summed E-state index contributed by atoms with van der Waals surface area (Å²) in [6, 6.07) is -0.257. The van der Waals surface area contributed by atoms with Crippen LogP contribution in [-0.4, -0.2) is 51.4 Å². The van der Waals surface area contributed by atoms with Crippen molar-refractivity contribution < 1.29 is 9.90 Å². The van der Waals surface area contributed by atoms with Gasteiger partial charge < -0.3 is 10.4 Å². The van der Waals surface area contributed by atoms with E-state index in [4.69, 9.17) is 0 Å². The number of likely N-dealkylation sites (N-methyl/N-ethyl adjacent to an activating group) is 1. The number of carbonyl (C=O) groups is 1. The highest BCUT2D eigenvalue weighted by Crippen LogP contribution is 2.18. The summed E-state index contributed by atoms with van der Waals surface area (Å²) in [5.41, 5.74) is 2.54. The Balaban J connectivity index is 2.66. The number of aromatic nitrogens is 2. The molecular formula is C14H26N4O2. The summed E-state index contributed by atoms with van der Waals surface area (Å²) in [6.45, 7) is 8.10. The van der Waals surface area contributed by atoms with Crippen molar-refractivity contribution in [2.75, 3.05) is 18.9 Å². The minimum Gasteiger partial charge on any atom is -0.393 e. The van der Waals surface area contributed by atoms with E-state index >= 15 is 0 Å². The third kappa shape index (κ3) is 4.05. The van der Waals surface area contributed by atoms with Gasteiger partial charge in [-0.15, -0.1) is 0 Å². The van der Waals surface area contributed by atoms with E-state index < -0.39 is 0 Å². The van der Waals surface area contributed by atoms with E-state index in [-0.39, 0.29) is 18.1 Å². The fraction of sp³-hybridized carbons (Fsp3) is 0.714. The molecule has 2 unspecified atom stereocenters. The van der Waals surface area contributed by atoms with Gasteiger partial charge in [0.25, 0.3) is 0 Å². The summed E-state index contributed by atoms with van der Waals surface area (Å²) in [4.78, 5) is 14.2. The van der Waals surface area contributed by atoms with Crippen LogP contribution in [0.1, 0.15) is 31.7 Å². The lowest BCUT2D eigenvalue weighted by Gasteiger charge is -2.24. The van der Waals surface area contributed by atoms with Gasteiger partial charge in [-0.2, -0.15) is 5.10 Å². The molecule has 1 aromatic heterocycles. The summed E-state index contributed by atoms with van der Waals surface area (Å²) in [5.74, 6) is -0.0581. The quantitative estimate of drug-likeness (QED) is 0.818. The molecule has 6 heteroatoms. The molecule has 2 atom stereocenters. The average Bonchev–Trinajstić information content (AvgIpc) is 2.61. The Bertz CT molecular complexity index is 468. The van der Waals surface area contributed by atoms with Gasteiger partial charge in [-0.25, -0.2) is 0 Å². The van der Waals surface area contributed by atoms with Gasteiger partial charge in [0.15, 0.2) is 0 Å². The summed E-state index contributed by atoms with van der Waals surface area (Å²) >= 11 is 0. The lowest BCUT2D eigenvalue weighted by molar-refractivity contribution is -0.120. The van der Waals surface area contributed by atoms with Crippen molar-refractivity contribution in [3.8, 4) is 0 Å². The number of nitrogens with one attached hydrogen (secondary N) is 1. The van der Waals surface area contributed by atoms with E-state index in [1.165, 1.54) is 0 Å². The first-order valence-corrected chi connectivity index (χ1v) is 6.93. The molecule has 0 aliphatic heterocycles. The number of aliphatic hydroxyl groups is 1. The zero-order chi connectivity index (χ0) is 15.4. The van der Waals surface area contributed by atoms with Gasteiger partial charge in [0.2, 0.25) is 5.91 Å². The van der Waals surface area contributed by atoms with E-state index in [1.807, 2.05) is 39.8 Å². The first kappa shape index (κ1) is 16.7. The molecule has 0 saturated carbocycles. The number of aryl methyl sites for hydroxylation is 2. The van der Waals surface area contributed by atoms with Crippen LogP contribution < -0.4 is 5.32 Å². The Morgan fingerprint density at radius 1 is 1.45 bits per heavy atom. The Labute approximate surface area is 120 Å². The second kappa shape index (κ2) is 6.85. The van der Waals surface area contributed by atoms with Crippen LogP contribution in [0.15, 0.2) is 0 Å². The van der Waals surface area contributed by atoms with Gasteiger partial charge in [-0.1, -0.05) is 0 Å². The third-order valence-electron chi connectivity index (χ3n) is 3.70. The van der Waals surface area contributed by atoms with Gasteiger partial charge in [0.1, 0.15) is 0 Å². The summed E-state index contributed by atoms with van der Waals surface area (Å²) in [7, 11) is 3.74. The molecule has 0 radical (unpaired) electrons. The van der Waals surface area contributed by atoms with E-state index in [0.29, 0.717) is 13.0 Å². The molecule has 20 heavy (non-hydrogen) atoms. The zero-order valence-corrected chi connectivity index (χ0v) is 13.3. The first-order chi connectivity index (χ1) is 9.23. The molecule has 1 amide bonds. The first-order valence-electron chi connectivity index (χ1n) is 6.93. The summed E-state index contributed by atoms with van der Waals surface area (Å²) in [5, 5.41) is 16.5. The Morgan fingerprint density at radius 3 is 2.50 bits per heavy atom. The molecule has 6 nitrogen and oxygen atoms in total. The Morgan fingerprint density at radius 2 is 2.05 bits per heavy atom. The number of hydrogen-bond acceptors (Lipinski definition) is 4. The molecule has 2 N–H and O–H groups in total.